The van der Waals surface area contributed by atoms with Gasteiger partial charge in [-0.25, -0.2) is 0 Å². The summed E-state index contributed by atoms with van der Waals surface area (Å²) in [5, 5.41) is 4.15. The lowest BCUT2D eigenvalue weighted by atomic mass is 10.1. The van der Waals surface area contributed by atoms with Crippen molar-refractivity contribution >= 4 is 11.5 Å². The summed E-state index contributed by atoms with van der Waals surface area (Å²) in [7, 11) is 0. The summed E-state index contributed by atoms with van der Waals surface area (Å²) >= 11 is 1.55. The quantitative estimate of drug-likeness (QED) is 0.656. The first-order valence-electron chi connectivity index (χ1n) is 5.18. The second kappa shape index (κ2) is 6.08. The van der Waals surface area contributed by atoms with Crippen molar-refractivity contribution < 1.29 is 0 Å². The first kappa shape index (κ1) is 10.6. The molecule has 0 radical (unpaired) electrons. The molecule has 1 aromatic rings. The van der Waals surface area contributed by atoms with Gasteiger partial charge in [0.2, 0.25) is 0 Å². The van der Waals surface area contributed by atoms with Crippen molar-refractivity contribution in [3.05, 3.63) is 10.6 Å². The van der Waals surface area contributed by atoms with Crippen LogP contribution in [0.4, 0.5) is 0 Å². The second-order valence-electron chi connectivity index (χ2n) is 3.31. The predicted octanol–water partition coefficient (Wildman–Crippen LogP) is 3.22. The summed E-state index contributed by atoms with van der Waals surface area (Å²) in [4.78, 5) is 1.37. The summed E-state index contributed by atoms with van der Waals surface area (Å²) in [6.45, 7) is 4.41. The summed E-state index contributed by atoms with van der Waals surface area (Å²) in [6.07, 6.45) is 7.46. The van der Waals surface area contributed by atoms with Gasteiger partial charge in [-0.2, -0.15) is 0 Å². The Kier molecular flexibility index (Phi) is 4.98. The lowest BCUT2D eigenvalue weighted by molar-refractivity contribution is 0.657. The molecule has 0 saturated heterocycles. The molecule has 74 valence electrons. The van der Waals surface area contributed by atoms with E-state index in [-0.39, 0.29) is 0 Å². The molecule has 1 heterocycles. The zero-order valence-corrected chi connectivity index (χ0v) is 9.36. The van der Waals surface area contributed by atoms with E-state index in [1.165, 1.54) is 36.3 Å². The van der Waals surface area contributed by atoms with Gasteiger partial charge in [0.15, 0.2) is 0 Å². The van der Waals surface area contributed by atoms with Crippen LogP contribution in [0.1, 0.15) is 50.1 Å². The Hall–Kier alpha value is -0.440. The molecule has 1 rings (SSSR count). The molecule has 0 bridgehead atoms. The van der Waals surface area contributed by atoms with Gasteiger partial charge in [-0.1, -0.05) is 37.6 Å². The number of hydrogen-bond acceptors (Lipinski definition) is 3. The van der Waals surface area contributed by atoms with Gasteiger partial charge in [0.25, 0.3) is 0 Å². The van der Waals surface area contributed by atoms with Gasteiger partial charge in [0.1, 0.15) is 0 Å². The molecule has 0 saturated carbocycles. The first-order valence-corrected chi connectivity index (χ1v) is 5.96. The van der Waals surface area contributed by atoms with Gasteiger partial charge in [0.05, 0.1) is 5.69 Å². The lowest BCUT2D eigenvalue weighted by Gasteiger charge is -1.98. The molecule has 0 amide bonds. The molecule has 13 heavy (non-hydrogen) atoms. The third-order valence-electron chi connectivity index (χ3n) is 2.22. The Morgan fingerprint density at radius 2 is 2.00 bits per heavy atom. The summed E-state index contributed by atoms with van der Waals surface area (Å²) in [6, 6.07) is 0. The molecular weight excluding hydrogens is 180 g/mol. The molecular formula is C10H18N2S. The van der Waals surface area contributed by atoms with Crippen molar-refractivity contribution in [2.24, 2.45) is 0 Å². The zero-order chi connectivity index (χ0) is 9.52. The first-order chi connectivity index (χ1) is 6.38. The molecule has 2 nitrogen and oxygen atoms in total. The lowest BCUT2D eigenvalue weighted by Crippen LogP contribution is -1.90. The normalized spacial score (nSPS) is 10.6. The van der Waals surface area contributed by atoms with Gasteiger partial charge in [-0.3, -0.25) is 0 Å². The molecule has 0 N–H and O–H groups in total. The molecule has 0 spiro atoms. The fourth-order valence-electron chi connectivity index (χ4n) is 1.40. The van der Waals surface area contributed by atoms with E-state index in [0.29, 0.717) is 0 Å². The zero-order valence-electron chi connectivity index (χ0n) is 8.55. The van der Waals surface area contributed by atoms with Crippen LogP contribution in [-0.4, -0.2) is 9.59 Å². The standard InChI is InChI=1S/C10H18N2S/c1-3-5-6-7-8-9-10(4-2)13-12-11-9/h3-8H2,1-2H3. The Balaban J connectivity index is 2.27. The third-order valence-corrected chi connectivity index (χ3v) is 3.13. The largest absolute Gasteiger partial charge is 0.143 e. The van der Waals surface area contributed by atoms with Crippen LogP contribution < -0.4 is 0 Å². The molecule has 0 aliphatic carbocycles. The van der Waals surface area contributed by atoms with Gasteiger partial charge < -0.3 is 0 Å². The SMILES string of the molecule is CCCCCCc1nnsc1CC. The Labute approximate surface area is 84.5 Å². The average Bonchev–Trinajstić information content (AvgIpc) is 2.60. The minimum Gasteiger partial charge on any atom is -0.143 e. The van der Waals surface area contributed by atoms with Gasteiger partial charge in [0, 0.05) is 4.88 Å². The highest BCUT2D eigenvalue weighted by Gasteiger charge is 2.04. The van der Waals surface area contributed by atoms with Gasteiger partial charge in [-0.05, 0) is 30.8 Å². The van der Waals surface area contributed by atoms with Crippen molar-refractivity contribution in [1.82, 2.24) is 9.59 Å². The van der Waals surface area contributed by atoms with E-state index in [2.05, 4.69) is 23.4 Å². The van der Waals surface area contributed by atoms with Crippen molar-refractivity contribution in [1.29, 1.82) is 0 Å². The highest BCUT2D eigenvalue weighted by atomic mass is 32.1. The number of rotatable bonds is 6. The topological polar surface area (TPSA) is 25.8 Å². The predicted molar refractivity (Wildman–Crippen MR) is 57.1 cm³/mol. The van der Waals surface area contributed by atoms with Gasteiger partial charge >= 0.3 is 0 Å². The number of hydrogen-bond donors (Lipinski definition) is 0. The minimum atomic E-state index is 1.08. The highest BCUT2D eigenvalue weighted by molar-refractivity contribution is 7.05. The number of aromatic nitrogens is 2. The molecule has 0 fully saturated rings. The molecule has 0 aliphatic rings. The van der Waals surface area contributed by atoms with Crippen molar-refractivity contribution in [2.45, 2.75) is 52.4 Å². The van der Waals surface area contributed by atoms with Gasteiger partial charge in [-0.15, -0.1) is 5.10 Å². The van der Waals surface area contributed by atoms with Crippen LogP contribution >= 0.6 is 11.5 Å². The summed E-state index contributed by atoms with van der Waals surface area (Å²) in [5.41, 5.74) is 1.24. The van der Waals surface area contributed by atoms with Crippen molar-refractivity contribution in [3.8, 4) is 0 Å². The third kappa shape index (κ3) is 3.43. The maximum absolute atomic E-state index is 4.15. The smallest absolute Gasteiger partial charge is 0.0787 e. The molecule has 0 unspecified atom stereocenters. The van der Waals surface area contributed by atoms with Crippen molar-refractivity contribution in [2.75, 3.05) is 0 Å². The van der Waals surface area contributed by atoms with Crippen LogP contribution in [0, 0.1) is 0 Å². The minimum absolute atomic E-state index is 1.08. The van der Waals surface area contributed by atoms with Crippen molar-refractivity contribution in [3.63, 3.8) is 0 Å². The number of unbranched alkanes of at least 4 members (excludes halogenated alkanes) is 3. The fourth-order valence-corrected chi connectivity index (χ4v) is 2.02. The fraction of sp³-hybridized carbons (Fsp3) is 0.800. The van der Waals surface area contributed by atoms with Crippen LogP contribution in [0.2, 0.25) is 0 Å². The van der Waals surface area contributed by atoms with E-state index in [1.54, 1.807) is 11.5 Å². The Morgan fingerprint density at radius 3 is 2.69 bits per heavy atom. The Bertz CT molecular complexity index is 233. The van der Waals surface area contributed by atoms with Crippen LogP contribution in [0.15, 0.2) is 0 Å². The molecule has 0 atom stereocenters. The second-order valence-corrected chi connectivity index (χ2v) is 4.15. The van der Waals surface area contributed by atoms with E-state index >= 15 is 0 Å². The Morgan fingerprint density at radius 1 is 1.15 bits per heavy atom. The molecule has 3 heteroatoms. The maximum Gasteiger partial charge on any atom is 0.0787 e. The monoisotopic (exact) mass is 198 g/mol. The number of aryl methyl sites for hydroxylation is 2. The van der Waals surface area contributed by atoms with E-state index in [0.717, 1.165) is 12.8 Å². The van der Waals surface area contributed by atoms with Crippen LogP contribution in [0.25, 0.3) is 0 Å². The maximum atomic E-state index is 4.15. The van der Waals surface area contributed by atoms with E-state index in [4.69, 9.17) is 0 Å². The van der Waals surface area contributed by atoms with Crippen LogP contribution in [0.3, 0.4) is 0 Å². The molecule has 0 aliphatic heterocycles. The van der Waals surface area contributed by atoms with Crippen LogP contribution in [0.5, 0.6) is 0 Å². The van der Waals surface area contributed by atoms with Crippen LogP contribution in [-0.2, 0) is 12.8 Å². The van der Waals surface area contributed by atoms with E-state index in [1.807, 2.05) is 0 Å². The van der Waals surface area contributed by atoms with E-state index < -0.39 is 0 Å². The molecule has 0 aromatic carbocycles. The van der Waals surface area contributed by atoms with E-state index in [9.17, 15) is 0 Å². The summed E-state index contributed by atoms with van der Waals surface area (Å²) in [5.74, 6) is 0. The number of nitrogens with zero attached hydrogens (tertiary/aromatic N) is 2. The average molecular weight is 198 g/mol. The summed E-state index contributed by atoms with van der Waals surface area (Å²) < 4.78 is 3.98. The highest BCUT2D eigenvalue weighted by Crippen LogP contribution is 2.14. The molecule has 1 aromatic heterocycles.